The first kappa shape index (κ1) is 20.2. The van der Waals surface area contributed by atoms with Crippen molar-refractivity contribution < 1.29 is 4.79 Å². The van der Waals surface area contributed by atoms with Crippen LogP contribution in [-0.4, -0.2) is 42.0 Å². The third-order valence-corrected chi connectivity index (χ3v) is 3.82. The van der Waals surface area contributed by atoms with Gasteiger partial charge in [0.05, 0.1) is 5.56 Å². The van der Waals surface area contributed by atoms with E-state index in [9.17, 15) is 4.79 Å². The van der Waals surface area contributed by atoms with Crippen LogP contribution in [0.5, 0.6) is 0 Å². The lowest BCUT2D eigenvalue weighted by Gasteiger charge is -2.32. The first-order valence-electron chi connectivity index (χ1n) is 7.14. The van der Waals surface area contributed by atoms with E-state index in [0.29, 0.717) is 5.92 Å². The molecule has 1 aromatic heterocycles. The molecule has 4 nitrogen and oxygen atoms in total. The second-order valence-electron chi connectivity index (χ2n) is 5.18. The average Bonchev–Trinajstić information content (AvgIpc) is 2.45. The molecule has 1 aliphatic rings. The zero-order valence-corrected chi connectivity index (χ0v) is 14.3. The van der Waals surface area contributed by atoms with Crippen LogP contribution in [0.3, 0.4) is 0 Å². The second-order valence-corrected chi connectivity index (χ2v) is 5.18. The minimum absolute atomic E-state index is 0. The quantitative estimate of drug-likeness (QED) is 0.921. The molecule has 0 bridgehead atoms. The highest BCUT2D eigenvalue weighted by Gasteiger charge is 2.24. The van der Waals surface area contributed by atoms with Gasteiger partial charge in [-0.2, -0.15) is 0 Å². The minimum atomic E-state index is 0. The highest BCUT2D eigenvalue weighted by Crippen LogP contribution is 2.19. The van der Waals surface area contributed by atoms with Gasteiger partial charge in [0.15, 0.2) is 0 Å². The number of amides is 1. The fourth-order valence-electron chi connectivity index (χ4n) is 2.57. The zero-order valence-electron chi connectivity index (χ0n) is 12.7. The summed E-state index contributed by atoms with van der Waals surface area (Å²) in [7, 11) is 0. The highest BCUT2D eigenvalue weighted by molar-refractivity contribution is 5.95. The number of rotatable bonds is 4. The molecule has 1 amide bonds. The van der Waals surface area contributed by atoms with Crippen molar-refractivity contribution in [3.05, 3.63) is 29.6 Å². The number of piperidine rings is 1. The van der Waals surface area contributed by atoms with Crippen LogP contribution in [0, 0.1) is 12.8 Å². The lowest BCUT2D eigenvalue weighted by molar-refractivity contribution is 0.0689. The van der Waals surface area contributed by atoms with Crippen LogP contribution in [0.25, 0.3) is 0 Å². The summed E-state index contributed by atoms with van der Waals surface area (Å²) in [6.45, 7) is 7.85. The molecule has 0 aromatic carbocycles. The van der Waals surface area contributed by atoms with Crippen LogP contribution in [0.4, 0.5) is 0 Å². The standard InChI is InChI=1S/C15H23N3O.2ClH/c1-3-16-11-13-6-9-18(10-7-13)15(19)14-5-4-8-17-12(14)2;;/h4-5,8,13,16H,3,6-7,9-11H2,1-2H3;2*1H. The minimum Gasteiger partial charge on any atom is -0.339 e. The molecule has 2 heterocycles. The highest BCUT2D eigenvalue weighted by atomic mass is 35.5. The zero-order chi connectivity index (χ0) is 13.7. The van der Waals surface area contributed by atoms with Gasteiger partial charge in [0.2, 0.25) is 0 Å². The van der Waals surface area contributed by atoms with E-state index in [1.165, 1.54) is 0 Å². The number of carbonyl (C=O) groups is 1. The molecule has 120 valence electrons. The van der Waals surface area contributed by atoms with Crippen LogP contribution in [0.1, 0.15) is 35.8 Å². The van der Waals surface area contributed by atoms with Gasteiger partial charge in [0.1, 0.15) is 0 Å². The molecule has 0 radical (unpaired) electrons. The Labute approximate surface area is 139 Å². The fraction of sp³-hybridized carbons (Fsp3) is 0.600. The van der Waals surface area contributed by atoms with Gasteiger partial charge < -0.3 is 10.2 Å². The van der Waals surface area contributed by atoms with Gasteiger partial charge in [-0.3, -0.25) is 9.78 Å². The van der Waals surface area contributed by atoms with Crippen molar-refractivity contribution in [1.29, 1.82) is 0 Å². The number of pyridine rings is 1. The van der Waals surface area contributed by atoms with E-state index < -0.39 is 0 Å². The lowest BCUT2D eigenvalue weighted by atomic mass is 9.96. The molecule has 0 atom stereocenters. The summed E-state index contributed by atoms with van der Waals surface area (Å²) in [5, 5.41) is 3.39. The van der Waals surface area contributed by atoms with Crippen molar-refractivity contribution >= 4 is 30.7 Å². The predicted molar refractivity (Wildman–Crippen MR) is 90.6 cm³/mol. The van der Waals surface area contributed by atoms with Crippen LogP contribution in [0.15, 0.2) is 18.3 Å². The van der Waals surface area contributed by atoms with E-state index in [2.05, 4.69) is 17.2 Å². The van der Waals surface area contributed by atoms with Crippen molar-refractivity contribution in [2.24, 2.45) is 5.92 Å². The van der Waals surface area contributed by atoms with E-state index in [4.69, 9.17) is 0 Å². The Bertz CT molecular complexity index is 435. The fourth-order valence-corrected chi connectivity index (χ4v) is 2.57. The number of nitrogens with one attached hydrogen (secondary N) is 1. The monoisotopic (exact) mass is 333 g/mol. The molecule has 6 heteroatoms. The van der Waals surface area contributed by atoms with Crippen LogP contribution >= 0.6 is 24.8 Å². The Morgan fingerprint density at radius 1 is 1.38 bits per heavy atom. The maximum absolute atomic E-state index is 12.4. The molecule has 21 heavy (non-hydrogen) atoms. The number of aromatic nitrogens is 1. The van der Waals surface area contributed by atoms with E-state index >= 15 is 0 Å². The third kappa shape index (κ3) is 5.46. The number of aryl methyl sites for hydroxylation is 1. The van der Waals surface area contributed by atoms with E-state index in [1.807, 2.05) is 24.0 Å². The molecule has 1 N–H and O–H groups in total. The molecule has 2 rings (SSSR count). The van der Waals surface area contributed by atoms with Crippen molar-refractivity contribution in [3.63, 3.8) is 0 Å². The molecule has 1 saturated heterocycles. The van der Waals surface area contributed by atoms with Gasteiger partial charge in [-0.05, 0) is 50.9 Å². The lowest BCUT2D eigenvalue weighted by Crippen LogP contribution is -2.41. The van der Waals surface area contributed by atoms with Gasteiger partial charge in [-0.25, -0.2) is 0 Å². The Hall–Kier alpha value is -0.840. The maximum Gasteiger partial charge on any atom is 0.255 e. The van der Waals surface area contributed by atoms with E-state index in [1.54, 1.807) is 6.20 Å². The number of halogens is 2. The summed E-state index contributed by atoms with van der Waals surface area (Å²) in [5.74, 6) is 0.839. The number of hydrogen-bond acceptors (Lipinski definition) is 3. The smallest absolute Gasteiger partial charge is 0.255 e. The number of carbonyl (C=O) groups excluding carboxylic acids is 1. The SMILES string of the molecule is CCNCC1CCN(C(=O)c2cccnc2C)CC1.Cl.Cl. The first-order chi connectivity index (χ1) is 9.22. The van der Waals surface area contributed by atoms with Gasteiger partial charge >= 0.3 is 0 Å². The number of nitrogens with zero attached hydrogens (tertiary/aromatic N) is 2. The summed E-state index contributed by atoms with van der Waals surface area (Å²) < 4.78 is 0. The van der Waals surface area contributed by atoms with Gasteiger partial charge in [0, 0.05) is 25.0 Å². The third-order valence-electron chi connectivity index (χ3n) is 3.82. The Morgan fingerprint density at radius 2 is 2.05 bits per heavy atom. The van der Waals surface area contributed by atoms with Gasteiger partial charge in [-0.1, -0.05) is 6.92 Å². The predicted octanol–water partition coefficient (Wildman–Crippen LogP) is 2.70. The second kappa shape index (κ2) is 9.98. The van der Waals surface area contributed by atoms with E-state index in [0.717, 1.165) is 50.3 Å². The summed E-state index contributed by atoms with van der Waals surface area (Å²) in [5.41, 5.74) is 1.56. The Kier molecular flexibility index (Phi) is 9.58. The van der Waals surface area contributed by atoms with Crippen molar-refractivity contribution in [2.75, 3.05) is 26.2 Å². The molecule has 1 fully saturated rings. The summed E-state index contributed by atoms with van der Waals surface area (Å²) in [6, 6.07) is 3.70. The average molecular weight is 334 g/mol. The molecule has 0 saturated carbocycles. The topological polar surface area (TPSA) is 45.2 Å². The van der Waals surface area contributed by atoms with Crippen LogP contribution in [-0.2, 0) is 0 Å². The first-order valence-corrected chi connectivity index (χ1v) is 7.14. The van der Waals surface area contributed by atoms with Crippen LogP contribution < -0.4 is 5.32 Å². The molecule has 0 aliphatic carbocycles. The Balaban J connectivity index is 0.00000200. The van der Waals surface area contributed by atoms with Gasteiger partial charge in [0.25, 0.3) is 5.91 Å². The van der Waals surface area contributed by atoms with Crippen molar-refractivity contribution in [2.45, 2.75) is 26.7 Å². The van der Waals surface area contributed by atoms with Crippen LogP contribution in [0.2, 0.25) is 0 Å². The molecule has 0 spiro atoms. The summed E-state index contributed by atoms with van der Waals surface area (Å²) in [4.78, 5) is 18.6. The summed E-state index contributed by atoms with van der Waals surface area (Å²) >= 11 is 0. The largest absolute Gasteiger partial charge is 0.339 e. The molecule has 0 unspecified atom stereocenters. The van der Waals surface area contributed by atoms with Crippen molar-refractivity contribution in [1.82, 2.24) is 15.2 Å². The van der Waals surface area contributed by atoms with Gasteiger partial charge in [-0.15, -0.1) is 24.8 Å². The van der Waals surface area contributed by atoms with E-state index in [-0.39, 0.29) is 30.7 Å². The number of hydrogen-bond donors (Lipinski definition) is 1. The molecular formula is C15H25Cl2N3O. The number of likely N-dealkylation sites (tertiary alicyclic amines) is 1. The van der Waals surface area contributed by atoms with Crippen molar-refractivity contribution in [3.8, 4) is 0 Å². The molecular weight excluding hydrogens is 309 g/mol. The maximum atomic E-state index is 12.4. The summed E-state index contributed by atoms with van der Waals surface area (Å²) in [6.07, 6.45) is 3.92. The molecule has 1 aromatic rings. The normalized spacial score (nSPS) is 15.0. The Morgan fingerprint density at radius 3 is 2.62 bits per heavy atom. The molecule has 1 aliphatic heterocycles.